The molecule has 0 aromatic heterocycles. The number of benzene rings is 2. The van der Waals surface area contributed by atoms with Crippen molar-refractivity contribution in [3.63, 3.8) is 0 Å². The third kappa shape index (κ3) is 20.2. The van der Waals surface area contributed by atoms with Crippen LogP contribution in [0.4, 0.5) is 0 Å². The number of amides is 2. The zero-order valence-electron chi connectivity index (χ0n) is 21.7. The predicted molar refractivity (Wildman–Crippen MR) is 139 cm³/mol. The van der Waals surface area contributed by atoms with Gasteiger partial charge in [0, 0.05) is 33.5 Å². The van der Waals surface area contributed by atoms with Gasteiger partial charge in [0.25, 0.3) is 0 Å². The first kappa shape index (κ1) is 33.2. The van der Waals surface area contributed by atoms with E-state index in [1.165, 1.54) is 7.05 Å². The Morgan fingerprint density at radius 2 is 1.24 bits per heavy atom. The number of esters is 2. The highest BCUT2D eigenvalue weighted by Gasteiger charge is 2.06. The number of carbonyl (C=O) groups excluding carboxylic acids is 4. The summed E-state index contributed by atoms with van der Waals surface area (Å²) < 4.78 is 15.6. The van der Waals surface area contributed by atoms with Gasteiger partial charge in [0.2, 0.25) is 11.8 Å². The van der Waals surface area contributed by atoms with E-state index in [-0.39, 0.29) is 24.4 Å². The van der Waals surface area contributed by atoms with E-state index in [4.69, 9.17) is 19.3 Å². The van der Waals surface area contributed by atoms with Gasteiger partial charge in [-0.2, -0.15) is 0 Å². The summed E-state index contributed by atoms with van der Waals surface area (Å²) in [4.78, 5) is 43.1. The molecule has 0 unspecified atom stereocenters. The minimum Gasteiger partial charge on any atom is -0.427 e. The smallest absolute Gasteiger partial charge is 0.337 e. The molecule has 3 N–H and O–H groups in total. The van der Waals surface area contributed by atoms with E-state index < -0.39 is 12.6 Å². The van der Waals surface area contributed by atoms with Gasteiger partial charge in [-0.25, -0.2) is 4.79 Å². The fourth-order valence-electron chi connectivity index (χ4n) is 2.38. The molecule has 204 valence electrons. The number of ether oxygens (including phenoxy) is 3. The highest BCUT2D eigenvalue weighted by Crippen LogP contribution is 2.11. The summed E-state index contributed by atoms with van der Waals surface area (Å²) in [5.41, 5.74) is 0. The third-order valence-electron chi connectivity index (χ3n) is 4.36. The summed E-state index contributed by atoms with van der Waals surface area (Å²) in [6, 6.07) is 17.9. The number of unbranched alkanes of at least 4 members (excludes halogenated alkanes) is 2. The maximum atomic E-state index is 11.6. The molecule has 0 atom stereocenters. The van der Waals surface area contributed by atoms with Crippen LogP contribution in [0.5, 0.6) is 11.5 Å². The van der Waals surface area contributed by atoms with Crippen LogP contribution in [0.25, 0.3) is 0 Å². The Labute approximate surface area is 218 Å². The fraction of sp³-hybridized carbons (Fsp3) is 0.407. The highest BCUT2D eigenvalue weighted by molar-refractivity contribution is 5.76. The molecule has 0 aliphatic heterocycles. The number of hydrogen-bond donors (Lipinski definition) is 3. The fourth-order valence-corrected chi connectivity index (χ4v) is 2.38. The lowest BCUT2D eigenvalue weighted by atomic mass is 10.2. The van der Waals surface area contributed by atoms with Crippen LogP contribution in [0.2, 0.25) is 0 Å². The topological polar surface area (TPSA) is 140 Å². The standard InChI is InChI=1S/C20H22O5.C4H9NO.C3H7NO2/c21-19(24-17-10-4-1-5-11-17)14-8-3-9-15-23-16-20(22)25-18-12-6-2-7-13-18;1-3-4(6)5-2;1-4-3(6)2-5/h1-2,4-7,10-13H,3,8-9,14-16H2;3H2,1-2H3,(H,5,6);5H,2H2,1H3,(H,4,6). The van der Waals surface area contributed by atoms with Crippen molar-refractivity contribution in [2.24, 2.45) is 0 Å². The molecule has 0 bridgehead atoms. The molecule has 10 nitrogen and oxygen atoms in total. The third-order valence-corrected chi connectivity index (χ3v) is 4.36. The number of carbonyl (C=O) groups is 4. The first-order chi connectivity index (χ1) is 17.9. The van der Waals surface area contributed by atoms with Crippen molar-refractivity contribution < 1.29 is 38.5 Å². The van der Waals surface area contributed by atoms with Crippen molar-refractivity contribution in [3.8, 4) is 11.5 Å². The molecule has 0 aliphatic rings. The number of nitrogens with one attached hydrogen (secondary N) is 2. The molecule has 2 rings (SSSR count). The maximum Gasteiger partial charge on any atom is 0.337 e. The summed E-state index contributed by atoms with van der Waals surface area (Å²) in [5, 5.41) is 12.6. The zero-order chi connectivity index (χ0) is 27.7. The zero-order valence-corrected chi connectivity index (χ0v) is 21.7. The summed E-state index contributed by atoms with van der Waals surface area (Å²) in [7, 11) is 3.10. The van der Waals surface area contributed by atoms with Crippen molar-refractivity contribution in [2.45, 2.75) is 39.0 Å². The first-order valence-electron chi connectivity index (χ1n) is 12.0. The summed E-state index contributed by atoms with van der Waals surface area (Å²) in [6.07, 6.45) is 3.28. The lowest BCUT2D eigenvalue weighted by Crippen LogP contribution is -2.20. The molecular weight excluding hydrogens is 480 g/mol. The Bertz CT molecular complexity index is 806. The number of para-hydroxylation sites is 2. The maximum absolute atomic E-state index is 11.6. The normalized spacial score (nSPS) is 9.41. The molecular formula is C27H38N2O8. The van der Waals surface area contributed by atoms with Gasteiger partial charge in [-0.3, -0.25) is 14.4 Å². The van der Waals surface area contributed by atoms with E-state index in [9.17, 15) is 19.2 Å². The summed E-state index contributed by atoms with van der Waals surface area (Å²) in [5.74, 6) is 0.155. The molecule has 2 aromatic rings. The van der Waals surface area contributed by atoms with Crippen molar-refractivity contribution >= 4 is 23.8 Å². The molecule has 0 radical (unpaired) electrons. The van der Waals surface area contributed by atoms with Gasteiger partial charge in [0.15, 0.2) is 0 Å². The van der Waals surface area contributed by atoms with Gasteiger partial charge < -0.3 is 30.0 Å². The Morgan fingerprint density at radius 1 is 0.730 bits per heavy atom. The second-order valence-corrected chi connectivity index (χ2v) is 7.30. The minimum atomic E-state index is -0.420. The number of aliphatic hydroxyl groups excluding tert-OH is 1. The predicted octanol–water partition coefficient (Wildman–Crippen LogP) is 2.64. The molecule has 0 saturated heterocycles. The number of hydrogen-bond acceptors (Lipinski definition) is 8. The largest absolute Gasteiger partial charge is 0.427 e. The second kappa shape index (κ2) is 22.7. The van der Waals surface area contributed by atoms with E-state index >= 15 is 0 Å². The van der Waals surface area contributed by atoms with Gasteiger partial charge >= 0.3 is 11.9 Å². The second-order valence-electron chi connectivity index (χ2n) is 7.30. The number of rotatable bonds is 12. The van der Waals surface area contributed by atoms with E-state index in [0.29, 0.717) is 30.9 Å². The van der Waals surface area contributed by atoms with Crippen LogP contribution in [0, 0.1) is 0 Å². The van der Waals surface area contributed by atoms with Crippen LogP contribution in [-0.4, -0.2) is 62.8 Å². The summed E-state index contributed by atoms with van der Waals surface area (Å²) >= 11 is 0. The highest BCUT2D eigenvalue weighted by atomic mass is 16.6. The first-order valence-corrected chi connectivity index (χ1v) is 12.0. The Hall–Kier alpha value is -3.76. The number of aliphatic hydroxyl groups is 1. The van der Waals surface area contributed by atoms with E-state index in [0.717, 1.165) is 19.3 Å². The van der Waals surface area contributed by atoms with Crippen LogP contribution in [0.15, 0.2) is 60.7 Å². The molecule has 0 fully saturated rings. The van der Waals surface area contributed by atoms with Gasteiger partial charge in [-0.1, -0.05) is 49.7 Å². The molecule has 37 heavy (non-hydrogen) atoms. The van der Waals surface area contributed by atoms with Crippen molar-refractivity contribution in [3.05, 3.63) is 60.7 Å². The molecule has 2 amide bonds. The van der Waals surface area contributed by atoms with E-state index in [1.807, 2.05) is 31.2 Å². The van der Waals surface area contributed by atoms with Crippen molar-refractivity contribution in [2.75, 3.05) is 33.9 Å². The van der Waals surface area contributed by atoms with Gasteiger partial charge in [0.05, 0.1) is 0 Å². The average molecular weight is 519 g/mol. The molecule has 0 saturated carbocycles. The minimum absolute atomic E-state index is 0.0784. The average Bonchev–Trinajstić information content (AvgIpc) is 2.93. The van der Waals surface area contributed by atoms with Crippen LogP contribution >= 0.6 is 0 Å². The van der Waals surface area contributed by atoms with Crippen molar-refractivity contribution in [1.82, 2.24) is 10.6 Å². The Morgan fingerprint density at radius 3 is 1.65 bits per heavy atom. The van der Waals surface area contributed by atoms with Crippen molar-refractivity contribution in [1.29, 1.82) is 0 Å². The van der Waals surface area contributed by atoms with Gasteiger partial charge in [-0.15, -0.1) is 0 Å². The SMILES string of the molecule is CCC(=O)NC.CNC(=O)CO.O=C(CCCCCOCC(=O)Oc1ccccc1)Oc1ccccc1. The molecule has 0 heterocycles. The summed E-state index contributed by atoms with van der Waals surface area (Å²) in [6.45, 7) is 1.78. The molecule has 0 aliphatic carbocycles. The molecule has 0 spiro atoms. The van der Waals surface area contributed by atoms with Crippen LogP contribution in [-0.2, 0) is 23.9 Å². The lowest BCUT2D eigenvalue weighted by molar-refractivity contribution is -0.139. The van der Waals surface area contributed by atoms with E-state index in [1.54, 1.807) is 43.4 Å². The monoisotopic (exact) mass is 518 g/mol. The Balaban J connectivity index is 0.000000896. The lowest BCUT2D eigenvalue weighted by Gasteiger charge is -2.06. The molecule has 10 heteroatoms. The Kier molecular flexibility index (Phi) is 20.4. The quantitative estimate of drug-likeness (QED) is 0.221. The van der Waals surface area contributed by atoms with Gasteiger partial charge in [0.1, 0.15) is 24.7 Å². The van der Waals surface area contributed by atoms with E-state index in [2.05, 4.69) is 10.6 Å². The number of likely N-dealkylation sites (N-methyl/N-ethyl adjacent to an activating group) is 1. The van der Waals surface area contributed by atoms with Crippen LogP contribution < -0.4 is 20.1 Å². The van der Waals surface area contributed by atoms with Crippen LogP contribution in [0.3, 0.4) is 0 Å². The van der Waals surface area contributed by atoms with Gasteiger partial charge in [-0.05, 0) is 37.1 Å². The molecule has 2 aromatic carbocycles. The van der Waals surface area contributed by atoms with Crippen LogP contribution in [0.1, 0.15) is 39.0 Å².